The summed E-state index contributed by atoms with van der Waals surface area (Å²) in [4.78, 5) is 23.2. The Bertz CT molecular complexity index is 808. The largest absolute Gasteiger partial charge is 0.383 e. The van der Waals surface area contributed by atoms with Crippen LogP contribution in [-0.4, -0.2) is 38.4 Å². The molecule has 0 atom stereocenters. The lowest BCUT2D eigenvalue weighted by Crippen LogP contribution is -2.12. The molecule has 0 fully saturated rings. The van der Waals surface area contributed by atoms with Gasteiger partial charge in [-0.3, -0.25) is 14.5 Å². The van der Waals surface area contributed by atoms with Gasteiger partial charge in [0.05, 0.1) is 36.4 Å². The van der Waals surface area contributed by atoms with Gasteiger partial charge in [-0.25, -0.2) is 4.98 Å². The molecule has 0 saturated heterocycles. The molecule has 0 aromatic carbocycles. The van der Waals surface area contributed by atoms with E-state index >= 15 is 0 Å². The van der Waals surface area contributed by atoms with Gasteiger partial charge in [-0.05, 0) is 11.6 Å². The van der Waals surface area contributed by atoms with Gasteiger partial charge in [-0.1, -0.05) is 0 Å². The van der Waals surface area contributed by atoms with E-state index in [1.807, 2.05) is 6.20 Å². The molecule has 0 aliphatic carbocycles. The van der Waals surface area contributed by atoms with Crippen LogP contribution in [0.4, 0.5) is 0 Å². The molecule has 3 heterocycles. The van der Waals surface area contributed by atoms with E-state index in [9.17, 15) is 4.79 Å². The number of nitrogens with one attached hydrogen (secondary N) is 1. The van der Waals surface area contributed by atoms with E-state index < -0.39 is 0 Å². The van der Waals surface area contributed by atoms with Crippen molar-refractivity contribution < 1.29 is 4.74 Å². The molecule has 0 unspecified atom stereocenters. The summed E-state index contributed by atoms with van der Waals surface area (Å²) in [7, 11) is 1.65. The summed E-state index contributed by atoms with van der Waals surface area (Å²) < 4.78 is 6.81. The Kier molecular flexibility index (Phi) is 3.74. The van der Waals surface area contributed by atoms with Crippen LogP contribution in [0.2, 0.25) is 0 Å². The molecule has 1 N–H and O–H groups in total. The van der Waals surface area contributed by atoms with E-state index in [1.165, 1.54) is 0 Å². The van der Waals surface area contributed by atoms with E-state index in [4.69, 9.17) is 4.74 Å². The van der Waals surface area contributed by atoms with E-state index in [2.05, 4.69) is 20.1 Å². The van der Waals surface area contributed by atoms with E-state index in [0.717, 1.165) is 5.56 Å². The molecule has 7 heteroatoms. The fourth-order valence-electron chi connectivity index (χ4n) is 2.12. The van der Waals surface area contributed by atoms with Gasteiger partial charge in [-0.15, -0.1) is 0 Å². The highest BCUT2D eigenvalue weighted by molar-refractivity contribution is 5.75. The van der Waals surface area contributed by atoms with Crippen molar-refractivity contribution in [2.75, 3.05) is 13.7 Å². The van der Waals surface area contributed by atoms with Crippen molar-refractivity contribution in [1.29, 1.82) is 0 Å². The molecule has 3 rings (SSSR count). The number of rotatable bonds is 5. The highest BCUT2D eigenvalue weighted by atomic mass is 16.5. The monoisotopic (exact) mass is 285 g/mol. The highest BCUT2D eigenvalue weighted by Gasteiger charge is 2.06. The summed E-state index contributed by atoms with van der Waals surface area (Å²) in [6.45, 7) is 1.31. The quantitative estimate of drug-likeness (QED) is 0.747. The number of nitrogens with zero attached hydrogens (tertiary/aromatic N) is 4. The second-order valence-corrected chi connectivity index (χ2v) is 4.69. The molecular formula is C14H15N5O2. The third kappa shape index (κ3) is 2.97. The van der Waals surface area contributed by atoms with Crippen LogP contribution in [0, 0.1) is 0 Å². The lowest BCUT2D eigenvalue weighted by molar-refractivity contribution is 0.183. The van der Waals surface area contributed by atoms with Gasteiger partial charge in [0, 0.05) is 25.9 Å². The summed E-state index contributed by atoms with van der Waals surface area (Å²) in [5.74, 6) is 0.604. The minimum absolute atomic E-state index is 0.149. The van der Waals surface area contributed by atoms with Crippen molar-refractivity contribution >= 4 is 10.9 Å². The van der Waals surface area contributed by atoms with E-state index in [1.54, 1.807) is 36.4 Å². The van der Waals surface area contributed by atoms with Crippen LogP contribution >= 0.6 is 0 Å². The zero-order chi connectivity index (χ0) is 14.7. The number of aromatic amines is 1. The fourth-order valence-corrected chi connectivity index (χ4v) is 2.12. The molecule has 0 aliphatic rings. The lowest BCUT2D eigenvalue weighted by atomic mass is 10.2. The summed E-state index contributed by atoms with van der Waals surface area (Å²) >= 11 is 0. The molecule has 0 saturated carbocycles. The van der Waals surface area contributed by atoms with Crippen molar-refractivity contribution in [3.05, 3.63) is 52.6 Å². The van der Waals surface area contributed by atoms with E-state index in [-0.39, 0.29) is 5.56 Å². The zero-order valence-corrected chi connectivity index (χ0v) is 11.6. The Balaban J connectivity index is 1.84. The van der Waals surface area contributed by atoms with Crippen LogP contribution in [0.25, 0.3) is 10.9 Å². The molecule has 0 radical (unpaired) electrons. The van der Waals surface area contributed by atoms with Crippen LogP contribution < -0.4 is 5.56 Å². The third-order valence-corrected chi connectivity index (χ3v) is 3.14. The molecule has 3 aromatic rings. The topological polar surface area (TPSA) is 85.7 Å². The zero-order valence-electron chi connectivity index (χ0n) is 11.6. The molecule has 0 spiro atoms. The second-order valence-electron chi connectivity index (χ2n) is 4.69. The van der Waals surface area contributed by atoms with Crippen LogP contribution in [-0.2, 0) is 17.7 Å². The van der Waals surface area contributed by atoms with Gasteiger partial charge < -0.3 is 9.72 Å². The van der Waals surface area contributed by atoms with Crippen molar-refractivity contribution in [2.45, 2.75) is 13.0 Å². The van der Waals surface area contributed by atoms with Crippen LogP contribution in [0.5, 0.6) is 0 Å². The first kappa shape index (κ1) is 13.4. The smallest absolute Gasteiger partial charge is 0.258 e. The Morgan fingerprint density at radius 1 is 1.38 bits per heavy atom. The fraction of sp³-hybridized carbons (Fsp3) is 0.286. The van der Waals surface area contributed by atoms with E-state index in [0.29, 0.717) is 36.3 Å². The number of methoxy groups -OCH3 is 1. The molecule has 3 aromatic heterocycles. The van der Waals surface area contributed by atoms with Gasteiger partial charge in [0.1, 0.15) is 5.82 Å². The first-order valence-electron chi connectivity index (χ1n) is 6.59. The molecule has 0 aliphatic heterocycles. The predicted octanol–water partition coefficient (Wildman–Crippen LogP) is 0.752. The first-order valence-corrected chi connectivity index (χ1v) is 6.59. The number of hydrogen-bond donors (Lipinski definition) is 1. The molecule has 7 nitrogen and oxygen atoms in total. The van der Waals surface area contributed by atoms with Gasteiger partial charge >= 0.3 is 0 Å². The number of pyridine rings is 1. The summed E-state index contributed by atoms with van der Waals surface area (Å²) in [5.41, 5.74) is 1.43. The number of ether oxygens (including phenoxy) is 1. The summed E-state index contributed by atoms with van der Waals surface area (Å²) in [6.07, 6.45) is 7.39. The maximum atomic E-state index is 12.0. The van der Waals surface area contributed by atoms with Crippen LogP contribution in [0.15, 0.2) is 35.6 Å². The molecule has 0 bridgehead atoms. The first-order chi connectivity index (χ1) is 10.3. The molecule has 21 heavy (non-hydrogen) atoms. The van der Waals surface area contributed by atoms with Gasteiger partial charge in [-0.2, -0.15) is 5.10 Å². The normalized spacial score (nSPS) is 11.1. The average Bonchev–Trinajstić information content (AvgIpc) is 2.92. The summed E-state index contributed by atoms with van der Waals surface area (Å²) in [5, 5.41) is 4.79. The summed E-state index contributed by atoms with van der Waals surface area (Å²) in [6, 6.07) is 1.66. The SMILES string of the molecule is COCCn1cc(Cc2nc3cnccc3c(=O)[nH]2)cn1. The average molecular weight is 285 g/mol. The van der Waals surface area contributed by atoms with Gasteiger partial charge in [0.25, 0.3) is 5.56 Å². The van der Waals surface area contributed by atoms with Gasteiger partial charge in [0.15, 0.2) is 0 Å². The number of fused-ring (bicyclic) bond motifs is 1. The van der Waals surface area contributed by atoms with Crippen LogP contribution in [0.1, 0.15) is 11.4 Å². The maximum absolute atomic E-state index is 12.0. The Morgan fingerprint density at radius 3 is 3.14 bits per heavy atom. The van der Waals surface area contributed by atoms with Crippen molar-refractivity contribution in [2.24, 2.45) is 0 Å². The molecular weight excluding hydrogens is 270 g/mol. The van der Waals surface area contributed by atoms with Crippen molar-refractivity contribution in [1.82, 2.24) is 24.7 Å². The number of hydrogen-bond acceptors (Lipinski definition) is 5. The van der Waals surface area contributed by atoms with Crippen LogP contribution in [0.3, 0.4) is 0 Å². The second kappa shape index (κ2) is 5.84. The number of aromatic nitrogens is 5. The number of H-pyrrole nitrogens is 1. The Hall–Kier alpha value is -2.54. The van der Waals surface area contributed by atoms with Gasteiger partial charge in [0.2, 0.25) is 0 Å². The molecule has 108 valence electrons. The standard InChI is InChI=1S/C14H15N5O2/c1-21-5-4-19-9-10(7-16-19)6-13-17-12-8-15-3-2-11(12)14(20)18-13/h2-3,7-9H,4-6H2,1H3,(H,17,18,20). The third-order valence-electron chi connectivity index (χ3n) is 3.14. The predicted molar refractivity (Wildman–Crippen MR) is 77.1 cm³/mol. The van der Waals surface area contributed by atoms with Crippen molar-refractivity contribution in [3.63, 3.8) is 0 Å². The lowest BCUT2D eigenvalue weighted by Gasteiger charge is -2.01. The molecule has 0 amide bonds. The minimum atomic E-state index is -0.149. The maximum Gasteiger partial charge on any atom is 0.258 e. The minimum Gasteiger partial charge on any atom is -0.383 e. The highest BCUT2D eigenvalue weighted by Crippen LogP contribution is 2.08. The Labute approximate surface area is 120 Å². The Morgan fingerprint density at radius 2 is 2.29 bits per heavy atom. The van der Waals surface area contributed by atoms with Crippen molar-refractivity contribution in [3.8, 4) is 0 Å².